The van der Waals surface area contributed by atoms with Crippen LogP contribution in [0.5, 0.6) is 0 Å². The van der Waals surface area contributed by atoms with Crippen LogP contribution in [0.4, 0.5) is 0 Å². The lowest BCUT2D eigenvalue weighted by molar-refractivity contribution is -0.136. The standard InChI is InChI=1S/C8H11N3O2/c1-6-4-10-7(11-6)5-9-3-2-8(12)13/h4-5H,2-3H2,1H3,(H,10,11)(H,12,13). The Kier molecular flexibility index (Phi) is 3.19. The summed E-state index contributed by atoms with van der Waals surface area (Å²) in [4.78, 5) is 20.9. The Morgan fingerprint density at radius 1 is 1.85 bits per heavy atom. The van der Waals surface area contributed by atoms with Gasteiger partial charge in [-0.25, -0.2) is 4.98 Å². The molecular formula is C8H11N3O2. The number of aliphatic carboxylic acids is 1. The molecule has 0 amide bonds. The van der Waals surface area contributed by atoms with E-state index in [0.29, 0.717) is 5.82 Å². The largest absolute Gasteiger partial charge is 0.481 e. The van der Waals surface area contributed by atoms with Gasteiger partial charge >= 0.3 is 5.97 Å². The number of aryl methyl sites for hydroxylation is 1. The summed E-state index contributed by atoms with van der Waals surface area (Å²) >= 11 is 0. The first kappa shape index (κ1) is 9.44. The van der Waals surface area contributed by atoms with Crippen molar-refractivity contribution in [2.24, 2.45) is 4.99 Å². The third-order valence-electron chi connectivity index (χ3n) is 1.39. The monoisotopic (exact) mass is 181 g/mol. The first-order valence-electron chi connectivity index (χ1n) is 3.91. The van der Waals surface area contributed by atoms with Crippen LogP contribution in [0.2, 0.25) is 0 Å². The van der Waals surface area contributed by atoms with Gasteiger partial charge in [-0.2, -0.15) is 0 Å². The maximum Gasteiger partial charge on any atom is 0.305 e. The molecule has 2 N–H and O–H groups in total. The molecule has 1 heterocycles. The number of nitrogens with one attached hydrogen (secondary N) is 1. The molecule has 0 radical (unpaired) electrons. The van der Waals surface area contributed by atoms with Gasteiger partial charge in [0.1, 0.15) is 5.82 Å². The molecule has 0 aliphatic carbocycles. The van der Waals surface area contributed by atoms with Crippen LogP contribution in [0.25, 0.3) is 0 Å². The highest BCUT2D eigenvalue weighted by atomic mass is 16.4. The summed E-state index contributed by atoms with van der Waals surface area (Å²) in [7, 11) is 0. The van der Waals surface area contributed by atoms with Gasteiger partial charge in [0.15, 0.2) is 0 Å². The van der Waals surface area contributed by atoms with Gasteiger partial charge in [0.25, 0.3) is 0 Å². The second-order valence-electron chi connectivity index (χ2n) is 2.63. The van der Waals surface area contributed by atoms with E-state index in [4.69, 9.17) is 5.11 Å². The van der Waals surface area contributed by atoms with Crippen LogP contribution in [0.15, 0.2) is 11.2 Å². The Hall–Kier alpha value is -1.65. The molecule has 70 valence electrons. The van der Waals surface area contributed by atoms with Crippen LogP contribution < -0.4 is 0 Å². The number of hydrogen-bond acceptors (Lipinski definition) is 3. The maximum atomic E-state index is 10.1. The zero-order chi connectivity index (χ0) is 9.68. The predicted molar refractivity (Wildman–Crippen MR) is 48.0 cm³/mol. The molecule has 13 heavy (non-hydrogen) atoms. The van der Waals surface area contributed by atoms with E-state index < -0.39 is 5.97 Å². The first-order chi connectivity index (χ1) is 6.18. The van der Waals surface area contributed by atoms with E-state index in [1.165, 1.54) is 6.21 Å². The molecule has 5 heteroatoms. The van der Waals surface area contributed by atoms with Gasteiger partial charge in [-0.1, -0.05) is 0 Å². The Bertz CT molecular complexity index is 317. The lowest BCUT2D eigenvalue weighted by atomic mass is 10.4. The summed E-state index contributed by atoms with van der Waals surface area (Å²) in [5.74, 6) is -0.185. The summed E-state index contributed by atoms with van der Waals surface area (Å²) in [6.45, 7) is 2.18. The molecule has 0 bridgehead atoms. The van der Waals surface area contributed by atoms with Gasteiger partial charge in [0.2, 0.25) is 0 Å². The number of hydrogen-bond donors (Lipinski definition) is 2. The molecule has 0 atom stereocenters. The Balaban J connectivity index is 2.36. The van der Waals surface area contributed by atoms with Crippen molar-refractivity contribution in [2.75, 3.05) is 6.54 Å². The zero-order valence-corrected chi connectivity index (χ0v) is 7.32. The van der Waals surface area contributed by atoms with E-state index in [1.807, 2.05) is 6.92 Å². The Morgan fingerprint density at radius 2 is 2.62 bits per heavy atom. The second-order valence-corrected chi connectivity index (χ2v) is 2.63. The molecule has 0 saturated carbocycles. The smallest absolute Gasteiger partial charge is 0.305 e. The van der Waals surface area contributed by atoms with Crippen LogP contribution in [0.3, 0.4) is 0 Å². The number of rotatable bonds is 4. The van der Waals surface area contributed by atoms with Gasteiger partial charge in [-0.15, -0.1) is 0 Å². The minimum atomic E-state index is -0.840. The molecule has 1 aromatic heterocycles. The van der Waals surface area contributed by atoms with Crippen molar-refractivity contribution < 1.29 is 9.90 Å². The van der Waals surface area contributed by atoms with Crippen molar-refractivity contribution in [3.05, 3.63) is 17.7 Å². The number of nitrogens with zero attached hydrogens (tertiary/aromatic N) is 2. The number of H-pyrrole nitrogens is 1. The van der Waals surface area contributed by atoms with E-state index >= 15 is 0 Å². The number of carboxylic acids is 1. The van der Waals surface area contributed by atoms with E-state index in [2.05, 4.69) is 15.0 Å². The minimum absolute atomic E-state index is 0.0518. The van der Waals surface area contributed by atoms with Gasteiger partial charge in [-0.3, -0.25) is 9.79 Å². The van der Waals surface area contributed by atoms with Crippen LogP contribution in [0, 0.1) is 6.92 Å². The van der Waals surface area contributed by atoms with E-state index in [0.717, 1.165) is 5.69 Å². The molecule has 5 nitrogen and oxygen atoms in total. The SMILES string of the molecule is Cc1cnc(C=NCCC(=O)O)[nH]1. The fraction of sp³-hybridized carbons (Fsp3) is 0.375. The number of carboxylic acid groups (broad SMARTS) is 1. The van der Waals surface area contributed by atoms with Crippen LogP contribution in [-0.2, 0) is 4.79 Å². The van der Waals surface area contributed by atoms with Gasteiger partial charge in [0, 0.05) is 18.4 Å². The highest BCUT2D eigenvalue weighted by Crippen LogP contribution is 1.91. The summed E-state index contributed by atoms with van der Waals surface area (Å²) in [5.41, 5.74) is 0.958. The van der Waals surface area contributed by atoms with Crippen LogP contribution in [0.1, 0.15) is 17.9 Å². The number of imidazole rings is 1. The molecule has 0 aliphatic heterocycles. The Morgan fingerprint density at radius 3 is 3.15 bits per heavy atom. The van der Waals surface area contributed by atoms with Crippen LogP contribution >= 0.6 is 0 Å². The molecule has 0 unspecified atom stereocenters. The summed E-state index contributed by atoms with van der Waals surface area (Å²) in [5, 5.41) is 8.32. The third kappa shape index (κ3) is 3.50. The highest BCUT2D eigenvalue weighted by Gasteiger charge is 1.94. The molecule has 0 spiro atoms. The van der Waals surface area contributed by atoms with E-state index in [1.54, 1.807) is 6.20 Å². The number of aromatic nitrogens is 2. The summed E-state index contributed by atoms with van der Waals surface area (Å²) < 4.78 is 0. The van der Waals surface area contributed by atoms with E-state index in [9.17, 15) is 4.79 Å². The molecule has 1 rings (SSSR count). The quantitative estimate of drug-likeness (QED) is 0.668. The lowest BCUT2D eigenvalue weighted by Gasteiger charge is -1.87. The molecular weight excluding hydrogens is 170 g/mol. The topological polar surface area (TPSA) is 78.3 Å². The number of aromatic amines is 1. The van der Waals surface area contributed by atoms with Gasteiger partial charge < -0.3 is 10.1 Å². The van der Waals surface area contributed by atoms with Crippen molar-refractivity contribution >= 4 is 12.2 Å². The van der Waals surface area contributed by atoms with Crippen molar-refractivity contribution in [3.8, 4) is 0 Å². The molecule has 0 fully saturated rings. The highest BCUT2D eigenvalue weighted by molar-refractivity contribution is 5.75. The van der Waals surface area contributed by atoms with Crippen molar-refractivity contribution in [2.45, 2.75) is 13.3 Å². The normalized spacial score (nSPS) is 10.8. The summed E-state index contributed by atoms with van der Waals surface area (Å²) in [6.07, 6.45) is 3.28. The van der Waals surface area contributed by atoms with E-state index in [-0.39, 0.29) is 13.0 Å². The fourth-order valence-corrected chi connectivity index (χ4v) is 0.810. The van der Waals surface area contributed by atoms with Crippen LogP contribution in [-0.4, -0.2) is 33.8 Å². The van der Waals surface area contributed by atoms with Crippen molar-refractivity contribution in [1.82, 2.24) is 9.97 Å². The lowest BCUT2D eigenvalue weighted by Crippen LogP contribution is -1.97. The number of carbonyl (C=O) groups is 1. The molecule has 0 aliphatic rings. The number of aliphatic imine (C=N–C) groups is 1. The third-order valence-corrected chi connectivity index (χ3v) is 1.39. The maximum absolute atomic E-state index is 10.1. The van der Waals surface area contributed by atoms with Gasteiger partial charge in [0.05, 0.1) is 12.6 Å². The minimum Gasteiger partial charge on any atom is -0.481 e. The molecule has 0 aromatic carbocycles. The fourth-order valence-electron chi connectivity index (χ4n) is 0.810. The Labute approximate surface area is 75.5 Å². The van der Waals surface area contributed by atoms with Crippen molar-refractivity contribution in [3.63, 3.8) is 0 Å². The van der Waals surface area contributed by atoms with Crippen molar-refractivity contribution in [1.29, 1.82) is 0 Å². The first-order valence-corrected chi connectivity index (χ1v) is 3.91. The summed E-state index contributed by atoms with van der Waals surface area (Å²) in [6, 6.07) is 0. The van der Waals surface area contributed by atoms with Gasteiger partial charge in [-0.05, 0) is 6.92 Å². The average Bonchev–Trinajstić information content (AvgIpc) is 2.45. The predicted octanol–water partition coefficient (Wildman–Crippen LogP) is 0.612. The zero-order valence-electron chi connectivity index (χ0n) is 7.32. The molecule has 0 saturated heterocycles. The molecule has 1 aromatic rings. The second kappa shape index (κ2) is 4.39. The average molecular weight is 181 g/mol.